The van der Waals surface area contributed by atoms with E-state index in [1.807, 2.05) is 0 Å². The van der Waals surface area contributed by atoms with Crippen LogP contribution in [-0.2, 0) is 5.60 Å². The van der Waals surface area contributed by atoms with Crippen LogP contribution in [0.3, 0.4) is 0 Å². The minimum atomic E-state index is -1.29. The minimum Gasteiger partial charge on any atom is -0.463 e. The van der Waals surface area contributed by atoms with E-state index in [1.165, 1.54) is 0 Å². The number of carbonyl (C=O) groups is 1. The third kappa shape index (κ3) is 3.37. The number of aliphatic hydroxyl groups is 1. The Bertz CT molecular complexity index is 622. The van der Waals surface area contributed by atoms with Gasteiger partial charge >= 0.3 is 0 Å². The van der Waals surface area contributed by atoms with Crippen LogP contribution in [0.25, 0.3) is 0 Å². The van der Waals surface area contributed by atoms with E-state index < -0.39 is 11.5 Å². The highest BCUT2D eigenvalue weighted by atomic mass is 35.5. The Morgan fingerprint density at radius 2 is 2.20 bits per heavy atom. The summed E-state index contributed by atoms with van der Waals surface area (Å²) in [6.45, 7) is 3.36. The van der Waals surface area contributed by atoms with Crippen molar-refractivity contribution in [2.45, 2.75) is 19.4 Å². The van der Waals surface area contributed by atoms with Crippen molar-refractivity contribution in [1.29, 1.82) is 0 Å². The third-order valence-corrected chi connectivity index (χ3v) is 3.02. The fourth-order valence-electron chi connectivity index (χ4n) is 1.69. The summed E-state index contributed by atoms with van der Waals surface area (Å²) in [4.78, 5) is 15.8. The van der Waals surface area contributed by atoms with E-state index in [4.69, 9.17) is 16.0 Å². The number of nitrogens with one attached hydrogen (secondary N) is 1. The molecule has 0 aromatic carbocycles. The average molecular weight is 295 g/mol. The van der Waals surface area contributed by atoms with Gasteiger partial charge in [0.05, 0.1) is 6.54 Å². The molecular weight excluding hydrogens is 280 g/mol. The molecule has 1 atom stereocenters. The highest BCUT2D eigenvalue weighted by Crippen LogP contribution is 2.22. The lowest BCUT2D eigenvalue weighted by molar-refractivity contribution is 0.0322. The summed E-state index contributed by atoms with van der Waals surface area (Å²) in [6, 6.07) is 8.20. The van der Waals surface area contributed by atoms with Gasteiger partial charge in [-0.1, -0.05) is 17.7 Å². The Morgan fingerprint density at radius 3 is 2.80 bits per heavy atom. The van der Waals surface area contributed by atoms with E-state index in [0.717, 1.165) is 0 Å². The smallest absolute Gasteiger partial charge is 0.270 e. The molecule has 0 saturated carbocycles. The van der Waals surface area contributed by atoms with E-state index in [9.17, 15) is 9.90 Å². The van der Waals surface area contributed by atoms with Gasteiger partial charge in [-0.2, -0.15) is 0 Å². The zero-order valence-electron chi connectivity index (χ0n) is 11.2. The fourth-order valence-corrected chi connectivity index (χ4v) is 1.85. The van der Waals surface area contributed by atoms with Gasteiger partial charge < -0.3 is 14.8 Å². The molecule has 0 spiro atoms. The van der Waals surface area contributed by atoms with Crippen LogP contribution >= 0.6 is 11.6 Å². The van der Waals surface area contributed by atoms with Crippen LogP contribution in [0, 0.1) is 6.92 Å². The maximum Gasteiger partial charge on any atom is 0.270 e. The first-order valence-electron chi connectivity index (χ1n) is 6.08. The van der Waals surface area contributed by atoms with Gasteiger partial charge in [-0.3, -0.25) is 4.79 Å². The molecule has 0 aliphatic carbocycles. The van der Waals surface area contributed by atoms with E-state index in [0.29, 0.717) is 11.5 Å². The SMILES string of the molecule is Cc1ccc(C(C)(O)CNC(=O)c2cccc(Cl)n2)o1. The molecule has 2 aromatic heterocycles. The Balaban J connectivity index is 2.03. The number of amides is 1. The first-order chi connectivity index (χ1) is 9.38. The molecule has 2 rings (SSSR count). The van der Waals surface area contributed by atoms with Crippen LogP contribution in [-0.4, -0.2) is 22.5 Å². The molecule has 2 heterocycles. The van der Waals surface area contributed by atoms with Crippen LogP contribution in [0.4, 0.5) is 0 Å². The van der Waals surface area contributed by atoms with Crippen molar-refractivity contribution in [3.05, 3.63) is 52.7 Å². The molecule has 0 bridgehead atoms. The standard InChI is InChI=1S/C14H15ClN2O3/c1-9-6-7-11(20-9)14(2,19)8-16-13(18)10-4-3-5-12(15)17-10/h3-7,19H,8H2,1-2H3,(H,16,18). The molecule has 106 valence electrons. The third-order valence-electron chi connectivity index (χ3n) is 2.81. The van der Waals surface area contributed by atoms with E-state index >= 15 is 0 Å². The Morgan fingerprint density at radius 1 is 1.45 bits per heavy atom. The number of furan rings is 1. The van der Waals surface area contributed by atoms with E-state index in [1.54, 1.807) is 44.2 Å². The molecule has 0 saturated heterocycles. The molecular formula is C14H15ClN2O3. The topological polar surface area (TPSA) is 75.4 Å². The number of nitrogens with zero attached hydrogens (tertiary/aromatic N) is 1. The highest BCUT2D eigenvalue weighted by Gasteiger charge is 2.27. The number of halogens is 1. The van der Waals surface area contributed by atoms with Crippen LogP contribution < -0.4 is 5.32 Å². The summed E-state index contributed by atoms with van der Waals surface area (Å²) in [7, 11) is 0. The van der Waals surface area contributed by atoms with Gasteiger partial charge in [0, 0.05) is 0 Å². The van der Waals surface area contributed by atoms with Gasteiger partial charge in [-0.05, 0) is 38.1 Å². The molecule has 6 heteroatoms. The number of hydrogen-bond donors (Lipinski definition) is 2. The van der Waals surface area contributed by atoms with Crippen LogP contribution in [0.2, 0.25) is 5.15 Å². The molecule has 0 aliphatic heterocycles. The summed E-state index contributed by atoms with van der Waals surface area (Å²) in [5.74, 6) is 0.688. The fraction of sp³-hybridized carbons (Fsp3) is 0.286. The van der Waals surface area contributed by atoms with Gasteiger partial charge in [0.25, 0.3) is 5.91 Å². The lowest BCUT2D eigenvalue weighted by atomic mass is 10.0. The predicted molar refractivity (Wildman–Crippen MR) is 74.6 cm³/mol. The van der Waals surface area contributed by atoms with Crippen molar-refractivity contribution < 1.29 is 14.3 Å². The second-order valence-electron chi connectivity index (χ2n) is 4.71. The van der Waals surface area contributed by atoms with E-state index in [-0.39, 0.29) is 17.4 Å². The molecule has 2 aromatic rings. The Hall–Kier alpha value is -1.85. The lowest BCUT2D eigenvalue weighted by Gasteiger charge is -2.21. The Kier molecular flexibility index (Phi) is 4.11. The minimum absolute atomic E-state index is 0.00692. The maximum atomic E-state index is 11.9. The normalized spacial score (nSPS) is 13.8. The van der Waals surface area contributed by atoms with Crippen LogP contribution in [0.15, 0.2) is 34.7 Å². The van der Waals surface area contributed by atoms with Gasteiger partial charge in [-0.25, -0.2) is 4.98 Å². The number of carbonyl (C=O) groups excluding carboxylic acids is 1. The van der Waals surface area contributed by atoms with Crippen molar-refractivity contribution in [3.63, 3.8) is 0 Å². The largest absolute Gasteiger partial charge is 0.463 e. The van der Waals surface area contributed by atoms with Crippen molar-refractivity contribution in [2.75, 3.05) is 6.54 Å². The van der Waals surface area contributed by atoms with Crippen LogP contribution in [0.5, 0.6) is 0 Å². The molecule has 1 unspecified atom stereocenters. The van der Waals surface area contributed by atoms with Crippen molar-refractivity contribution in [2.24, 2.45) is 0 Å². The monoisotopic (exact) mass is 294 g/mol. The molecule has 0 aliphatic rings. The number of pyridine rings is 1. The van der Waals surface area contributed by atoms with Crippen molar-refractivity contribution in [1.82, 2.24) is 10.3 Å². The number of rotatable bonds is 4. The molecule has 1 amide bonds. The van der Waals surface area contributed by atoms with Gasteiger partial charge in [0.1, 0.15) is 28.0 Å². The molecule has 20 heavy (non-hydrogen) atoms. The maximum absolute atomic E-state index is 11.9. The number of aromatic nitrogens is 1. The van der Waals surface area contributed by atoms with Crippen LogP contribution in [0.1, 0.15) is 28.9 Å². The highest BCUT2D eigenvalue weighted by molar-refractivity contribution is 6.29. The first kappa shape index (κ1) is 14.6. The second-order valence-corrected chi connectivity index (χ2v) is 5.10. The molecule has 0 fully saturated rings. The van der Waals surface area contributed by atoms with E-state index in [2.05, 4.69) is 10.3 Å². The molecule has 5 nitrogen and oxygen atoms in total. The summed E-state index contributed by atoms with van der Waals surface area (Å²) in [5.41, 5.74) is -1.09. The van der Waals surface area contributed by atoms with Crippen molar-refractivity contribution >= 4 is 17.5 Å². The second kappa shape index (κ2) is 5.64. The quantitative estimate of drug-likeness (QED) is 0.848. The average Bonchev–Trinajstić information content (AvgIpc) is 2.83. The predicted octanol–water partition coefficient (Wildman–Crippen LogP) is 2.27. The summed E-state index contributed by atoms with van der Waals surface area (Å²) >= 11 is 5.72. The van der Waals surface area contributed by atoms with Gasteiger partial charge in [-0.15, -0.1) is 0 Å². The number of aryl methyl sites for hydroxylation is 1. The zero-order chi connectivity index (χ0) is 14.8. The summed E-state index contributed by atoms with van der Waals surface area (Å²) in [6.07, 6.45) is 0. The summed E-state index contributed by atoms with van der Waals surface area (Å²) in [5, 5.41) is 13.1. The molecule has 0 radical (unpaired) electrons. The Labute approximate surface area is 121 Å². The zero-order valence-corrected chi connectivity index (χ0v) is 11.9. The molecule has 2 N–H and O–H groups in total. The first-order valence-corrected chi connectivity index (χ1v) is 6.46. The lowest BCUT2D eigenvalue weighted by Crippen LogP contribution is -2.38. The summed E-state index contributed by atoms with van der Waals surface area (Å²) < 4.78 is 5.37. The van der Waals surface area contributed by atoms with Gasteiger partial charge in [0.2, 0.25) is 0 Å². The van der Waals surface area contributed by atoms with Gasteiger partial charge in [0.15, 0.2) is 0 Å². The number of hydrogen-bond acceptors (Lipinski definition) is 4. The van der Waals surface area contributed by atoms with Crippen molar-refractivity contribution in [3.8, 4) is 0 Å².